The van der Waals surface area contributed by atoms with Crippen LogP contribution in [0.5, 0.6) is 17.2 Å². The van der Waals surface area contributed by atoms with Crippen molar-refractivity contribution in [3.63, 3.8) is 0 Å². The third kappa shape index (κ3) is 5.52. The lowest BCUT2D eigenvalue weighted by Gasteiger charge is -2.10. The van der Waals surface area contributed by atoms with E-state index in [4.69, 9.17) is 37.4 Å². The second-order valence-electron chi connectivity index (χ2n) is 5.24. The van der Waals surface area contributed by atoms with E-state index < -0.39 is 5.91 Å². The largest absolute Gasteiger partial charge is 0.493 e. The van der Waals surface area contributed by atoms with Crippen LogP contribution in [-0.4, -0.2) is 32.4 Å². The van der Waals surface area contributed by atoms with Gasteiger partial charge in [0, 0.05) is 5.56 Å². The Kier molecular flexibility index (Phi) is 7.76. The first kappa shape index (κ1) is 20.9. The zero-order chi connectivity index (χ0) is 19.8. The Labute approximate surface area is 168 Å². The van der Waals surface area contributed by atoms with Gasteiger partial charge in [0.2, 0.25) is 0 Å². The van der Waals surface area contributed by atoms with Crippen LogP contribution in [0, 0.1) is 0 Å². The van der Waals surface area contributed by atoms with Crippen molar-refractivity contribution < 1.29 is 19.0 Å². The highest BCUT2D eigenvalue weighted by atomic mass is 35.5. The van der Waals surface area contributed by atoms with E-state index in [-0.39, 0.29) is 0 Å². The second-order valence-corrected chi connectivity index (χ2v) is 6.06. The summed E-state index contributed by atoms with van der Waals surface area (Å²) >= 11 is 12.3. The summed E-state index contributed by atoms with van der Waals surface area (Å²) in [6, 6.07) is 8.18. The lowest BCUT2D eigenvalue weighted by Crippen LogP contribution is -2.17. The number of benzene rings is 2. The van der Waals surface area contributed by atoms with Gasteiger partial charge >= 0.3 is 0 Å². The zero-order valence-electron chi connectivity index (χ0n) is 15.2. The molecule has 1 N–H and O–H groups in total. The van der Waals surface area contributed by atoms with E-state index in [1.165, 1.54) is 13.3 Å². The molecular weight excluding hydrogens is 391 g/mol. The minimum Gasteiger partial charge on any atom is -0.493 e. The molecule has 0 aliphatic heterocycles. The Balaban J connectivity index is 2.09. The number of nitrogens with zero attached hydrogens (tertiary/aromatic N) is 1. The predicted molar refractivity (Wildman–Crippen MR) is 107 cm³/mol. The van der Waals surface area contributed by atoms with E-state index in [9.17, 15) is 4.79 Å². The van der Waals surface area contributed by atoms with Gasteiger partial charge in [0.1, 0.15) is 0 Å². The summed E-state index contributed by atoms with van der Waals surface area (Å²) in [5, 5.41) is 4.67. The van der Waals surface area contributed by atoms with Crippen molar-refractivity contribution in [2.24, 2.45) is 5.10 Å². The fourth-order valence-corrected chi connectivity index (χ4v) is 2.86. The van der Waals surface area contributed by atoms with Gasteiger partial charge in [0.05, 0.1) is 36.6 Å². The van der Waals surface area contributed by atoms with Gasteiger partial charge < -0.3 is 14.2 Å². The summed E-state index contributed by atoms with van der Waals surface area (Å²) in [7, 11) is 1.51. The number of ether oxygens (including phenoxy) is 3. The van der Waals surface area contributed by atoms with Gasteiger partial charge in [0.25, 0.3) is 5.91 Å². The molecular formula is C19H20Cl2N2O4. The lowest BCUT2D eigenvalue weighted by molar-refractivity contribution is 0.0954. The number of amides is 1. The fourth-order valence-electron chi connectivity index (χ4n) is 2.25. The first-order chi connectivity index (χ1) is 13.0. The monoisotopic (exact) mass is 410 g/mol. The van der Waals surface area contributed by atoms with Crippen molar-refractivity contribution in [2.75, 3.05) is 20.3 Å². The quantitative estimate of drug-likeness (QED) is 0.511. The lowest BCUT2D eigenvalue weighted by atomic mass is 10.2. The smallest absolute Gasteiger partial charge is 0.271 e. The van der Waals surface area contributed by atoms with Gasteiger partial charge in [-0.1, -0.05) is 23.2 Å². The average molecular weight is 411 g/mol. The van der Waals surface area contributed by atoms with E-state index in [0.717, 1.165) is 0 Å². The van der Waals surface area contributed by atoms with Crippen molar-refractivity contribution >= 4 is 35.3 Å². The Morgan fingerprint density at radius 3 is 2.33 bits per heavy atom. The summed E-state index contributed by atoms with van der Waals surface area (Å²) in [6.45, 7) is 4.66. The van der Waals surface area contributed by atoms with Crippen LogP contribution < -0.4 is 19.6 Å². The minimum atomic E-state index is -0.393. The molecule has 0 heterocycles. The summed E-state index contributed by atoms with van der Waals surface area (Å²) in [6.07, 6.45) is 1.44. The fraction of sp³-hybridized carbons (Fsp3) is 0.263. The minimum absolute atomic E-state index is 0.369. The van der Waals surface area contributed by atoms with Crippen LogP contribution in [0.3, 0.4) is 0 Å². The summed E-state index contributed by atoms with van der Waals surface area (Å²) in [4.78, 5) is 12.3. The maximum Gasteiger partial charge on any atom is 0.271 e. The second kappa shape index (κ2) is 10.0. The van der Waals surface area contributed by atoms with Crippen LogP contribution in [0.4, 0.5) is 0 Å². The van der Waals surface area contributed by atoms with Crippen molar-refractivity contribution in [3.8, 4) is 17.2 Å². The molecule has 0 aromatic heterocycles. The van der Waals surface area contributed by atoms with Gasteiger partial charge in [-0.2, -0.15) is 5.10 Å². The molecule has 2 rings (SSSR count). The molecule has 0 aliphatic carbocycles. The molecule has 8 heteroatoms. The van der Waals surface area contributed by atoms with Crippen LogP contribution in [0.15, 0.2) is 35.4 Å². The van der Waals surface area contributed by atoms with Crippen LogP contribution in [0.1, 0.15) is 29.8 Å². The zero-order valence-corrected chi connectivity index (χ0v) is 16.7. The van der Waals surface area contributed by atoms with Crippen LogP contribution in [0.25, 0.3) is 0 Å². The molecule has 27 heavy (non-hydrogen) atoms. The molecule has 0 unspecified atom stereocenters. The number of carbonyl (C=O) groups is 1. The number of hydrazone groups is 1. The van der Waals surface area contributed by atoms with E-state index in [2.05, 4.69) is 10.5 Å². The van der Waals surface area contributed by atoms with Crippen molar-refractivity contribution in [1.29, 1.82) is 0 Å². The Morgan fingerprint density at radius 2 is 1.74 bits per heavy atom. The number of methoxy groups -OCH3 is 1. The number of nitrogens with one attached hydrogen (secondary N) is 1. The number of hydrogen-bond acceptors (Lipinski definition) is 5. The van der Waals surface area contributed by atoms with Gasteiger partial charge in [-0.15, -0.1) is 0 Å². The van der Waals surface area contributed by atoms with Gasteiger partial charge in [-0.05, 0) is 49.7 Å². The molecule has 0 spiro atoms. The molecule has 0 aliphatic rings. The van der Waals surface area contributed by atoms with Gasteiger partial charge in [-0.25, -0.2) is 5.43 Å². The van der Waals surface area contributed by atoms with E-state index in [1.54, 1.807) is 30.3 Å². The highest BCUT2D eigenvalue weighted by Crippen LogP contribution is 2.33. The molecule has 1 amide bonds. The Morgan fingerprint density at radius 1 is 1.07 bits per heavy atom. The van der Waals surface area contributed by atoms with Crippen LogP contribution in [-0.2, 0) is 0 Å². The number of hydrogen-bond donors (Lipinski definition) is 1. The van der Waals surface area contributed by atoms with Gasteiger partial charge in [-0.3, -0.25) is 4.79 Å². The molecule has 0 atom stereocenters. The molecule has 0 saturated heterocycles. The summed E-state index contributed by atoms with van der Waals surface area (Å²) in [5.74, 6) is 1.07. The molecule has 0 saturated carbocycles. The molecule has 0 radical (unpaired) electrons. The molecule has 144 valence electrons. The SMILES string of the molecule is CCOc1ccc(C(=O)N/N=C/c2cc(Cl)c(OCC)c(Cl)c2)cc1OC. The number of carbonyl (C=O) groups excluding carboxylic acids is 1. The predicted octanol–water partition coefficient (Wildman–Crippen LogP) is 4.56. The molecule has 0 fully saturated rings. The molecule has 0 bridgehead atoms. The number of rotatable bonds is 8. The average Bonchev–Trinajstić information content (AvgIpc) is 2.65. The third-order valence-corrected chi connectivity index (χ3v) is 3.98. The first-order valence-corrected chi connectivity index (χ1v) is 9.01. The van der Waals surface area contributed by atoms with Crippen LogP contribution in [0.2, 0.25) is 10.0 Å². The highest BCUT2D eigenvalue weighted by molar-refractivity contribution is 6.37. The highest BCUT2D eigenvalue weighted by Gasteiger charge is 2.11. The Bertz CT molecular complexity index is 817. The Hall–Kier alpha value is -2.44. The number of halogens is 2. The standard InChI is InChI=1S/C19H20Cl2N2O4/c1-4-26-16-7-6-13(10-17(16)25-3)19(24)23-22-11-12-8-14(20)18(27-5-2)15(21)9-12/h6-11H,4-5H2,1-3H3,(H,23,24)/b22-11+. The van der Waals surface area contributed by atoms with Gasteiger partial charge in [0.15, 0.2) is 17.2 Å². The topological polar surface area (TPSA) is 69.2 Å². The van der Waals surface area contributed by atoms with Crippen molar-refractivity contribution in [1.82, 2.24) is 5.43 Å². The maximum absolute atomic E-state index is 12.3. The van der Waals surface area contributed by atoms with Crippen molar-refractivity contribution in [2.45, 2.75) is 13.8 Å². The normalized spacial score (nSPS) is 10.7. The maximum atomic E-state index is 12.3. The van der Waals surface area contributed by atoms with E-state index in [0.29, 0.717) is 51.6 Å². The van der Waals surface area contributed by atoms with Crippen LogP contribution >= 0.6 is 23.2 Å². The van der Waals surface area contributed by atoms with E-state index >= 15 is 0 Å². The summed E-state index contributed by atoms with van der Waals surface area (Å²) < 4.78 is 16.0. The molecule has 2 aromatic carbocycles. The summed E-state index contributed by atoms with van der Waals surface area (Å²) in [5.41, 5.74) is 3.45. The third-order valence-electron chi connectivity index (χ3n) is 3.41. The van der Waals surface area contributed by atoms with Crippen molar-refractivity contribution in [3.05, 3.63) is 51.5 Å². The van der Waals surface area contributed by atoms with E-state index in [1.807, 2.05) is 13.8 Å². The first-order valence-electron chi connectivity index (χ1n) is 8.26. The molecule has 2 aromatic rings. The molecule has 6 nitrogen and oxygen atoms in total.